The van der Waals surface area contributed by atoms with Crippen molar-refractivity contribution in [2.75, 3.05) is 6.79 Å². The molecule has 1 aromatic rings. The summed E-state index contributed by atoms with van der Waals surface area (Å²) in [7, 11) is 0. The van der Waals surface area contributed by atoms with Gasteiger partial charge in [-0.25, -0.2) is 0 Å². The number of rotatable bonds is 4. The summed E-state index contributed by atoms with van der Waals surface area (Å²) >= 11 is 1.27. The van der Waals surface area contributed by atoms with Crippen molar-refractivity contribution in [1.82, 2.24) is 0 Å². The third kappa shape index (κ3) is 2.87. The highest BCUT2D eigenvalue weighted by Gasteiger charge is 2.03. The molecule has 0 aliphatic carbocycles. The zero-order valence-electron chi connectivity index (χ0n) is 6.98. The first-order valence-electron chi connectivity index (χ1n) is 3.53. The molecule has 1 aromatic heterocycles. The molecule has 0 radical (unpaired) electrons. The van der Waals surface area contributed by atoms with E-state index in [0.717, 1.165) is 0 Å². The predicted octanol–water partition coefficient (Wildman–Crippen LogP) is 1.46. The van der Waals surface area contributed by atoms with Crippen LogP contribution in [0.1, 0.15) is 16.6 Å². The Morgan fingerprint density at radius 2 is 2.46 bits per heavy atom. The summed E-state index contributed by atoms with van der Waals surface area (Å²) in [5.74, 6) is 0.0316. The number of carbonyl (C=O) groups is 2. The van der Waals surface area contributed by atoms with Gasteiger partial charge in [-0.15, -0.1) is 11.3 Å². The summed E-state index contributed by atoms with van der Waals surface area (Å²) in [4.78, 5) is 21.3. The van der Waals surface area contributed by atoms with Crippen LogP contribution in [0.5, 0.6) is 5.75 Å². The number of hydrogen-bond acceptors (Lipinski definition) is 5. The van der Waals surface area contributed by atoms with Crippen molar-refractivity contribution in [1.29, 1.82) is 0 Å². The highest BCUT2D eigenvalue weighted by molar-refractivity contribution is 7.12. The Morgan fingerprint density at radius 3 is 3.08 bits per heavy atom. The average molecular weight is 200 g/mol. The quantitative estimate of drug-likeness (QED) is 0.419. The second kappa shape index (κ2) is 4.61. The average Bonchev–Trinajstić information content (AvgIpc) is 2.51. The molecule has 0 aliphatic heterocycles. The number of thiophene rings is 1. The Hall–Kier alpha value is -1.36. The maximum absolute atomic E-state index is 10.4. The van der Waals surface area contributed by atoms with E-state index in [4.69, 9.17) is 4.74 Å². The van der Waals surface area contributed by atoms with E-state index >= 15 is 0 Å². The van der Waals surface area contributed by atoms with Gasteiger partial charge in [0.05, 0.1) is 0 Å². The lowest BCUT2D eigenvalue weighted by molar-refractivity contribution is -0.147. The minimum absolute atomic E-state index is 0.160. The van der Waals surface area contributed by atoms with E-state index in [-0.39, 0.29) is 6.79 Å². The molecule has 0 amide bonds. The molecule has 0 saturated heterocycles. The Kier molecular flexibility index (Phi) is 3.45. The van der Waals surface area contributed by atoms with Gasteiger partial charge in [-0.3, -0.25) is 9.59 Å². The lowest BCUT2D eigenvalue weighted by Gasteiger charge is -2.03. The Balaban J connectivity index is 2.44. The second-order valence-electron chi connectivity index (χ2n) is 2.17. The number of esters is 1. The van der Waals surface area contributed by atoms with E-state index in [1.807, 2.05) is 0 Å². The number of hydrogen-bond donors (Lipinski definition) is 0. The molecule has 0 atom stereocenters. The summed E-state index contributed by atoms with van der Waals surface area (Å²) in [6.07, 6.45) is 0.702. The SMILES string of the molecule is CC(=O)OCOc1ccsc1C=O. The van der Waals surface area contributed by atoms with Crippen molar-refractivity contribution in [2.24, 2.45) is 0 Å². The van der Waals surface area contributed by atoms with Crippen molar-refractivity contribution in [2.45, 2.75) is 6.92 Å². The van der Waals surface area contributed by atoms with Gasteiger partial charge >= 0.3 is 5.97 Å². The minimum Gasteiger partial charge on any atom is -0.456 e. The van der Waals surface area contributed by atoms with Crippen LogP contribution in [0.2, 0.25) is 0 Å². The smallest absolute Gasteiger partial charge is 0.305 e. The molecule has 0 fully saturated rings. The van der Waals surface area contributed by atoms with Crippen LogP contribution >= 0.6 is 11.3 Å². The molecule has 13 heavy (non-hydrogen) atoms. The molecule has 5 heteroatoms. The van der Waals surface area contributed by atoms with Gasteiger partial charge in [-0.1, -0.05) is 0 Å². The van der Waals surface area contributed by atoms with Crippen molar-refractivity contribution >= 4 is 23.6 Å². The van der Waals surface area contributed by atoms with Crippen LogP contribution < -0.4 is 4.74 Å². The molecule has 1 heterocycles. The minimum atomic E-state index is -0.414. The highest BCUT2D eigenvalue weighted by atomic mass is 32.1. The third-order valence-electron chi connectivity index (χ3n) is 1.24. The van der Waals surface area contributed by atoms with Crippen molar-refractivity contribution in [3.05, 3.63) is 16.3 Å². The lowest BCUT2D eigenvalue weighted by atomic mass is 10.5. The van der Waals surface area contributed by atoms with E-state index in [2.05, 4.69) is 4.74 Å². The molecule has 0 bridgehead atoms. The van der Waals surface area contributed by atoms with E-state index in [0.29, 0.717) is 16.9 Å². The lowest BCUT2D eigenvalue weighted by Crippen LogP contribution is -2.06. The molecule has 0 spiro atoms. The van der Waals surface area contributed by atoms with Crippen LogP contribution in [0.25, 0.3) is 0 Å². The summed E-state index contributed by atoms with van der Waals surface area (Å²) in [6, 6.07) is 1.65. The number of carbonyl (C=O) groups excluding carboxylic acids is 2. The molecular formula is C8H8O4S. The molecule has 0 aromatic carbocycles. The standard InChI is InChI=1S/C8H8O4S/c1-6(10)11-5-12-7-2-3-13-8(7)4-9/h2-4H,5H2,1H3. The monoisotopic (exact) mass is 200 g/mol. The maximum atomic E-state index is 10.4. The largest absolute Gasteiger partial charge is 0.456 e. The first-order valence-corrected chi connectivity index (χ1v) is 4.41. The maximum Gasteiger partial charge on any atom is 0.305 e. The fourth-order valence-corrected chi connectivity index (χ4v) is 1.33. The Labute approximate surface area is 79.1 Å². The summed E-state index contributed by atoms with van der Waals surface area (Å²) in [5.41, 5.74) is 0. The normalized spacial score (nSPS) is 9.31. The van der Waals surface area contributed by atoms with Crippen molar-refractivity contribution in [3.8, 4) is 5.75 Å². The van der Waals surface area contributed by atoms with Gasteiger partial charge in [-0.2, -0.15) is 0 Å². The van der Waals surface area contributed by atoms with Gasteiger partial charge in [-0.05, 0) is 11.4 Å². The van der Waals surface area contributed by atoms with Crippen LogP contribution in [0.4, 0.5) is 0 Å². The van der Waals surface area contributed by atoms with Crippen LogP contribution in [-0.4, -0.2) is 19.0 Å². The second-order valence-corrected chi connectivity index (χ2v) is 3.11. The summed E-state index contributed by atoms with van der Waals surface area (Å²) in [5, 5.41) is 1.73. The van der Waals surface area contributed by atoms with Gasteiger partial charge < -0.3 is 9.47 Å². The Morgan fingerprint density at radius 1 is 1.69 bits per heavy atom. The first kappa shape index (κ1) is 9.73. The fourth-order valence-electron chi connectivity index (χ4n) is 0.690. The molecule has 0 unspecified atom stereocenters. The molecule has 0 aliphatic rings. The molecule has 4 nitrogen and oxygen atoms in total. The highest BCUT2D eigenvalue weighted by Crippen LogP contribution is 2.22. The van der Waals surface area contributed by atoms with Crippen molar-refractivity contribution in [3.63, 3.8) is 0 Å². The van der Waals surface area contributed by atoms with E-state index in [9.17, 15) is 9.59 Å². The van der Waals surface area contributed by atoms with Gasteiger partial charge in [0.2, 0.25) is 6.79 Å². The number of ether oxygens (including phenoxy) is 2. The third-order valence-corrected chi connectivity index (χ3v) is 2.06. The van der Waals surface area contributed by atoms with Crippen LogP contribution in [0, 0.1) is 0 Å². The summed E-state index contributed by atoms with van der Waals surface area (Å²) in [6.45, 7) is 1.13. The first-order chi connectivity index (χ1) is 6.24. The molecule has 70 valence electrons. The van der Waals surface area contributed by atoms with Gasteiger partial charge in [0.15, 0.2) is 6.29 Å². The topological polar surface area (TPSA) is 52.6 Å². The van der Waals surface area contributed by atoms with Crippen LogP contribution in [0.3, 0.4) is 0 Å². The molecule has 0 saturated carbocycles. The fraction of sp³-hybridized carbons (Fsp3) is 0.250. The van der Waals surface area contributed by atoms with Gasteiger partial charge in [0.25, 0.3) is 0 Å². The van der Waals surface area contributed by atoms with Crippen LogP contribution in [0.15, 0.2) is 11.4 Å². The molecular weight excluding hydrogens is 192 g/mol. The van der Waals surface area contributed by atoms with E-state index in [1.165, 1.54) is 18.3 Å². The van der Waals surface area contributed by atoms with E-state index in [1.54, 1.807) is 11.4 Å². The zero-order chi connectivity index (χ0) is 9.68. The Bertz CT molecular complexity index is 305. The van der Waals surface area contributed by atoms with Gasteiger partial charge in [0.1, 0.15) is 10.6 Å². The molecule has 0 N–H and O–H groups in total. The number of aldehydes is 1. The van der Waals surface area contributed by atoms with Gasteiger partial charge in [0, 0.05) is 6.92 Å². The van der Waals surface area contributed by atoms with Crippen molar-refractivity contribution < 1.29 is 19.1 Å². The molecule has 1 rings (SSSR count). The summed E-state index contributed by atoms with van der Waals surface area (Å²) < 4.78 is 9.56. The zero-order valence-corrected chi connectivity index (χ0v) is 7.80. The van der Waals surface area contributed by atoms with Crippen LogP contribution in [-0.2, 0) is 9.53 Å². The van der Waals surface area contributed by atoms with E-state index < -0.39 is 5.97 Å². The predicted molar refractivity (Wildman–Crippen MR) is 47.0 cm³/mol.